The number of carboxylic acid groups (broad SMARTS) is 1. The van der Waals surface area contributed by atoms with Crippen molar-refractivity contribution in [3.05, 3.63) is 35.9 Å². The molecule has 0 spiro atoms. The van der Waals surface area contributed by atoms with E-state index in [1.54, 1.807) is 0 Å². The third-order valence-corrected chi connectivity index (χ3v) is 2.67. The fourth-order valence-electron chi connectivity index (χ4n) is 1.64. The van der Waals surface area contributed by atoms with Crippen molar-refractivity contribution >= 4 is 17.8 Å². The van der Waals surface area contributed by atoms with Crippen molar-refractivity contribution < 1.29 is 19.5 Å². The average molecular weight is 279 g/mol. The first kappa shape index (κ1) is 15.6. The minimum absolute atomic E-state index is 0.283. The van der Waals surface area contributed by atoms with E-state index in [1.807, 2.05) is 30.3 Å². The van der Waals surface area contributed by atoms with Crippen molar-refractivity contribution in [1.29, 1.82) is 0 Å². The number of nitrogens with two attached hydrogens (primary N) is 2. The quantitative estimate of drug-likeness (QED) is 0.507. The summed E-state index contributed by atoms with van der Waals surface area (Å²) in [5.41, 5.74) is 11.6. The van der Waals surface area contributed by atoms with Gasteiger partial charge in [-0.05, 0) is 12.0 Å². The van der Waals surface area contributed by atoms with Gasteiger partial charge in [0.2, 0.25) is 11.8 Å². The van der Waals surface area contributed by atoms with E-state index in [2.05, 4.69) is 5.32 Å². The maximum Gasteiger partial charge on any atom is 0.305 e. The van der Waals surface area contributed by atoms with Crippen molar-refractivity contribution in [2.75, 3.05) is 0 Å². The van der Waals surface area contributed by atoms with E-state index in [9.17, 15) is 14.4 Å². The molecule has 108 valence electrons. The number of nitrogens with one attached hydrogen (secondary N) is 1. The summed E-state index contributed by atoms with van der Waals surface area (Å²) in [6, 6.07) is 6.96. The van der Waals surface area contributed by atoms with E-state index in [1.165, 1.54) is 0 Å². The number of primary amides is 1. The molecule has 7 nitrogen and oxygen atoms in total. The second-order valence-electron chi connectivity index (χ2n) is 4.36. The van der Waals surface area contributed by atoms with Crippen LogP contribution in [0.25, 0.3) is 0 Å². The highest BCUT2D eigenvalue weighted by Gasteiger charge is 2.24. The second-order valence-corrected chi connectivity index (χ2v) is 4.36. The lowest BCUT2D eigenvalue weighted by Crippen LogP contribution is -2.51. The molecule has 0 aliphatic heterocycles. The zero-order valence-electron chi connectivity index (χ0n) is 10.8. The minimum Gasteiger partial charge on any atom is -0.481 e. The molecule has 1 aromatic rings. The van der Waals surface area contributed by atoms with Gasteiger partial charge in [0.25, 0.3) is 0 Å². The zero-order valence-corrected chi connectivity index (χ0v) is 10.8. The van der Waals surface area contributed by atoms with Gasteiger partial charge in [-0.3, -0.25) is 14.4 Å². The Morgan fingerprint density at radius 3 is 2.30 bits per heavy atom. The van der Waals surface area contributed by atoms with Crippen molar-refractivity contribution in [2.45, 2.75) is 24.9 Å². The molecule has 0 aliphatic rings. The average Bonchev–Trinajstić information content (AvgIpc) is 2.38. The number of hydrogen-bond donors (Lipinski definition) is 4. The highest BCUT2D eigenvalue weighted by Crippen LogP contribution is 2.02. The van der Waals surface area contributed by atoms with Gasteiger partial charge < -0.3 is 21.9 Å². The number of amides is 2. The van der Waals surface area contributed by atoms with E-state index in [-0.39, 0.29) is 6.42 Å². The van der Waals surface area contributed by atoms with E-state index in [0.717, 1.165) is 5.56 Å². The summed E-state index contributed by atoms with van der Waals surface area (Å²) in [5.74, 6) is -2.75. The molecule has 0 saturated carbocycles. The van der Waals surface area contributed by atoms with E-state index in [0.29, 0.717) is 0 Å². The van der Waals surface area contributed by atoms with Gasteiger partial charge in [-0.15, -0.1) is 0 Å². The smallest absolute Gasteiger partial charge is 0.305 e. The number of benzene rings is 1. The Labute approximate surface area is 115 Å². The van der Waals surface area contributed by atoms with E-state index >= 15 is 0 Å². The predicted octanol–water partition coefficient (Wildman–Crippen LogP) is -0.999. The maximum atomic E-state index is 11.8. The second kappa shape index (κ2) is 7.25. The fraction of sp³-hybridized carbons (Fsp3) is 0.308. The lowest BCUT2D eigenvalue weighted by molar-refractivity contribution is -0.140. The van der Waals surface area contributed by atoms with Crippen LogP contribution >= 0.6 is 0 Å². The Kier molecular flexibility index (Phi) is 5.67. The summed E-state index contributed by atoms with van der Waals surface area (Å²) < 4.78 is 0. The van der Waals surface area contributed by atoms with Gasteiger partial charge in [-0.1, -0.05) is 30.3 Å². The molecule has 7 heteroatoms. The van der Waals surface area contributed by atoms with Gasteiger partial charge in [0.15, 0.2) is 0 Å². The first-order valence-corrected chi connectivity index (χ1v) is 6.01. The van der Waals surface area contributed by atoms with Crippen LogP contribution in [0.4, 0.5) is 0 Å². The van der Waals surface area contributed by atoms with Crippen LogP contribution in [0.2, 0.25) is 0 Å². The van der Waals surface area contributed by atoms with Gasteiger partial charge in [-0.25, -0.2) is 0 Å². The van der Waals surface area contributed by atoms with Crippen molar-refractivity contribution in [3.8, 4) is 0 Å². The number of hydrogen-bond acceptors (Lipinski definition) is 4. The molecule has 0 radical (unpaired) electrons. The molecule has 1 rings (SSSR count). The number of carboxylic acids is 1. The van der Waals surface area contributed by atoms with Crippen molar-refractivity contribution in [2.24, 2.45) is 11.5 Å². The molecule has 0 unspecified atom stereocenters. The summed E-state index contributed by atoms with van der Waals surface area (Å²) in [4.78, 5) is 33.4. The largest absolute Gasteiger partial charge is 0.481 e. The van der Waals surface area contributed by atoms with Gasteiger partial charge >= 0.3 is 5.97 Å². The minimum atomic E-state index is -1.26. The van der Waals surface area contributed by atoms with Crippen LogP contribution in [-0.2, 0) is 20.8 Å². The van der Waals surface area contributed by atoms with Crippen LogP contribution < -0.4 is 16.8 Å². The number of aliphatic carboxylic acids is 1. The van der Waals surface area contributed by atoms with Gasteiger partial charge in [0.05, 0.1) is 12.5 Å². The van der Waals surface area contributed by atoms with Gasteiger partial charge in [0.1, 0.15) is 6.04 Å². The summed E-state index contributed by atoms with van der Waals surface area (Å²) >= 11 is 0. The summed E-state index contributed by atoms with van der Waals surface area (Å²) in [7, 11) is 0. The molecule has 1 aromatic carbocycles. The molecule has 20 heavy (non-hydrogen) atoms. The molecule has 0 heterocycles. The Bertz CT molecular complexity index is 490. The summed E-state index contributed by atoms with van der Waals surface area (Å²) in [5, 5.41) is 10.9. The first-order valence-electron chi connectivity index (χ1n) is 6.01. The number of carbonyl (C=O) groups is 3. The highest BCUT2D eigenvalue weighted by atomic mass is 16.4. The Morgan fingerprint density at radius 1 is 1.20 bits per heavy atom. The van der Waals surface area contributed by atoms with Crippen LogP contribution in [0.15, 0.2) is 30.3 Å². The SMILES string of the molecule is NC(=O)[C@H](CC(=O)O)NC(=O)[C@@H](N)Cc1ccccc1. The third kappa shape index (κ3) is 5.07. The molecule has 0 aliphatic carbocycles. The van der Waals surface area contributed by atoms with Crippen LogP contribution in [0.1, 0.15) is 12.0 Å². The lowest BCUT2D eigenvalue weighted by atomic mass is 10.1. The molecule has 2 atom stereocenters. The molecule has 0 fully saturated rings. The third-order valence-electron chi connectivity index (χ3n) is 2.67. The Hall–Kier alpha value is -2.41. The fourth-order valence-corrected chi connectivity index (χ4v) is 1.64. The molecule has 2 amide bonds. The summed E-state index contributed by atoms with van der Waals surface area (Å²) in [6.45, 7) is 0. The zero-order chi connectivity index (χ0) is 15.1. The van der Waals surface area contributed by atoms with Crippen molar-refractivity contribution in [3.63, 3.8) is 0 Å². The van der Waals surface area contributed by atoms with Gasteiger partial charge in [-0.2, -0.15) is 0 Å². The van der Waals surface area contributed by atoms with E-state index in [4.69, 9.17) is 16.6 Å². The molecule has 0 bridgehead atoms. The maximum absolute atomic E-state index is 11.8. The predicted molar refractivity (Wildman–Crippen MR) is 71.5 cm³/mol. The van der Waals surface area contributed by atoms with Crippen LogP contribution in [-0.4, -0.2) is 35.0 Å². The normalized spacial score (nSPS) is 13.2. The molecule has 0 saturated heterocycles. The number of carbonyl (C=O) groups excluding carboxylic acids is 2. The van der Waals surface area contributed by atoms with Crippen LogP contribution in [0.5, 0.6) is 0 Å². The standard InChI is InChI=1S/C13H17N3O4/c14-9(6-8-4-2-1-3-5-8)13(20)16-10(12(15)19)7-11(17)18/h1-5,9-10H,6-7,14H2,(H2,15,19)(H,16,20)(H,17,18)/t9-,10-/m0/s1. The lowest BCUT2D eigenvalue weighted by Gasteiger charge is -2.17. The Balaban J connectivity index is 2.59. The van der Waals surface area contributed by atoms with Crippen molar-refractivity contribution in [1.82, 2.24) is 5.32 Å². The first-order chi connectivity index (χ1) is 9.40. The van der Waals surface area contributed by atoms with Crippen LogP contribution in [0, 0.1) is 0 Å². The molecule has 6 N–H and O–H groups in total. The molecular formula is C13H17N3O4. The Morgan fingerprint density at radius 2 is 1.80 bits per heavy atom. The molecular weight excluding hydrogens is 262 g/mol. The van der Waals surface area contributed by atoms with Gasteiger partial charge in [0, 0.05) is 0 Å². The summed E-state index contributed by atoms with van der Waals surface area (Å²) in [6.07, 6.45) is -0.287. The highest BCUT2D eigenvalue weighted by molar-refractivity contribution is 5.91. The monoisotopic (exact) mass is 279 g/mol. The topological polar surface area (TPSA) is 136 Å². The molecule has 0 aromatic heterocycles. The number of rotatable bonds is 7. The van der Waals surface area contributed by atoms with E-state index < -0.39 is 36.3 Å². The van der Waals surface area contributed by atoms with Crippen LogP contribution in [0.3, 0.4) is 0 Å².